The quantitative estimate of drug-likeness (QED) is 0.626. The van der Waals surface area contributed by atoms with E-state index >= 15 is 0 Å². The summed E-state index contributed by atoms with van der Waals surface area (Å²) >= 11 is 7.88. The van der Waals surface area contributed by atoms with Crippen molar-refractivity contribution in [3.8, 4) is 10.6 Å². The highest BCUT2D eigenvalue weighted by Crippen LogP contribution is 2.32. The molecule has 3 N–H and O–H groups in total. The number of primary amides is 1. The van der Waals surface area contributed by atoms with Crippen LogP contribution in [0, 0.1) is 0 Å². The van der Waals surface area contributed by atoms with E-state index in [4.69, 9.17) is 24.2 Å². The van der Waals surface area contributed by atoms with Gasteiger partial charge in [0.05, 0.1) is 22.9 Å². The van der Waals surface area contributed by atoms with Gasteiger partial charge in [0.2, 0.25) is 0 Å². The highest BCUT2D eigenvalue weighted by molar-refractivity contribution is 8.01. The van der Waals surface area contributed by atoms with Crippen LogP contribution in [0.1, 0.15) is 16.5 Å². The Morgan fingerprint density at radius 1 is 1.74 bits per heavy atom. The highest BCUT2D eigenvalue weighted by atomic mass is 35.5. The van der Waals surface area contributed by atoms with Gasteiger partial charge in [-0.3, -0.25) is 4.79 Å². The molecule has 2 aromatic heterocycles. The number of thioether (sulfide) groups is 1. The number of aromatic nitrogens is 1. The number of thiophene rings is 1. The molecule has 0 aliphatic heterocycles. The molecule has 0 aliphatic carbocycles. The summed E-state index contributed by atoms with van der Waals surface area (Å²) in [4.78, 5) is 16.3. The second-order valence-electron chi connectivity index (χ2n) is 3.17. The van der Waals surface area contributed by atoms with Gasteiger partial charge in [0.15, 0.2) is 4.34 Å². The van der Waals surface area contributed by atoms with Crippen molar-refractivity contribution in [3.05, 3.63) is 22.4 Å². The molecule has 0 saturated heterocycles. The number of carbonyl (C=O) groups excluding carboxylic acids is 1. The Morgan fingerprint density at radius 2 is 2.53 bits per heavy atom. The second kappa shape index (κ2) is 6.71. The van der Waals surface area contributed by atoms with Gasteiger partial charge in [-0.2, -0.15) is 0 Å². The number of aliphatic hydroxyl groups is 1. The molecule has 19 heavy (non-hydrogen) atoms. The molecule has 1 atom stereocenters. The van der Waals surface area contributed by atoms with Gasteiger partial charge in [0.1, 0.15) is 0 Å². The van der Waals surface area contributed by atoms with Gasteiger partial charge in [-0.25, -0.2) is 4.98 Å². The van der Waals surface area contributed by atoms with E-state index in [-0.39, 0.29) is 4.34 Å². The molecule has 0 spiro atoms. The lowest BCUT2D eigenvalue weighted by Gasteiger charge is -2.02. The van der Waals surface area contributed by atoms with Crippen LogP contribution >= 0.6 is 46.0 Å². The number of nitrogens with two attached hydrogens (primary N) is 1. The topological polar surface area (TPSA) is 76.2 Å². The molecule has 2 heterocycles. The monoisotopic (exact) mass is 339 g/mol. The third-order valence-electron chi connectivity index (χ3n) is 1.91. The molecule has 0 aromatic carbocycles. The largest absolute Gasteiger partial charge is 0.391 e. The van der Waals surface area contributed by atoms with E-state index in [1.165, 1.54) is 0 Å². The first-order valence-electron chi connectivity index (χ1n) is 7.31. The number of thiazole rings is 1. The molecule has 4 nitrogen and oxygen atoms in total. The number of alkyl halides is 1. The summed E-state index contributed by atoms with van der Waals surface area (Å²) in [6, 6.07) is 3.21. The van der Waals surface area contributed by atoms with Crippen LogP contribution in [0.15, 0.2) is 21.9 Å². The second-order valence-corrected chi connectivity index (χ2v) is 6.36. The van der Waals surface area contributed by atoms with E-state index in [9.17, 15) is 9.90 Å². The van der Waals surface area contributed by atoms with E-state index in [0.29, 0.717) is 27.2 Å². The van der Waals surface area contributed by atoms with Crippen molar-refractivity contribution in [2.24, 2.45) is 5.73 Å². The maximum Gasteiger partial charge on any atom is 0.258 e. The summed E-state index contributed by atoms with van der Waals surface area (Å²) in [7, 11) is 0. The Hall–Kier alpha value is -0.600. The highest BCUT2D eigenvalue weighted by Gasteiger charge is 2.11. The van der Waals surface area contributed by atoms with Crippen LogP contribution in [0.25, 0.3) is 10.6 Å². The first-order valence-corrected chi connectivity index (χ1v) is 7.70. The van der Waals surface area contributed by atoms with E-state index < -0.39 is 23.5 Å². The van der Waals surface area contributed by atoms with Crippen LogP contribution in [0.4, 0.5) is 0 Å². The van der Waals surface area contributed by atoms with Crippen molar-refractivity contribution in [1.82, 2.24) is 4.98 Å². The lowest BCUT2D eigenvalue weighted by Crippen LogP contribution is -2.10. The summed E-state index contributed by atoms with van der Waals surface area (Å²) in [6.07, 6.45) is -3.19. The van der Waals surface area contributed by atoms with E-state index in [0.717, 1.165) is 22.7 Å². The van der Waals surface area contributed by atoms with Crippen LogP contribution in [0.5, 0.6) is 0 Å². The minimum atomic E-state index is -3.19. The Labute approximate surface area is 134 Å². The fourth-order valence-corrected chi connectivity index (χ4v) is 3.52. The Morgan fingerprint density at radius 3 is 3.16 bits per heavy atom. The van der Waals surface area contributed by atoms with Gasteiger partial charge in [-0.1, -0.05) is 11.8 Å². The summed E-state index contributed by atoms with van der Waals surface area (Å²) in [6.45, 7) is 0. The zero-order valence-corrected chi connectivity index (χ0v) is 12.4. The van der Waals surface area contributed by atoms with Gasteiger partial charge >= 0.3 is 0 Å². The Kier molecular flexibility index (Phi) is 3.31. The van der Waals surface area contributed by atoms with Crippen molar-refractivity contribution >= 4 is 51.9 Å². The minimum absolute atomic E-state index is 0.176. The predicted octanol–water partition coefficient (Wildman–Crippen LogP) is 2.66. The summed E-state index contributed by atoms with van der Waals surface area (Å²) in [5.74, 6) is -3.55. The van der Waals surface area contributed by atoms with Crippen LogP contribution in [-0.4, -0.2) is 33.6 Å². The summed E-state index contributed by atoms with van der Waals surface area (Å²) in [5, 5.41) is 11.4. The molecular weight excluding hydrogens is 324 g/mol. The van der Waals surface area contributed by atoms with Crippen LogP contribution < -0.4 is 5.73 Å². The number of carbonyl (C=O) groups is 1. The van der Waals surface area contributed by atoms with Crippen molar-refractivity contribution in [1.29, 1.82) is 0 Å². The number of halogens is 1. The molecule has 2 rings (SSSR count). The molecule has 1 unspecified atom stereocenters. The molecule has 8 heteroatoms. The zero-order valence-electron chi connectivity index (χ0n) is 14.2. The van der Waals surface area contributed by atoms with E-state index in [1.807, 2.05) is 0 Å². The van der Waals surface area contributed by atoms with Crippen molar-refractivity contribution in [2.75, 3.05) is 11.5 Å². The van der Waals surface area contributed by atoms with Gasteiger partial charge in [-0.05, 0) is 12.1 Å². The number of nitrogens with zero attached hydrogens (tertiary/aromatic N) is 1. The number of hydrogen-bond acceptors (Lipinski definition) is 6. The smallest absolute Gasteiger partial charge is 0.258 e. The Bertz CT molecular complexity index is 759. The fourth-order valence-electron chi connectivity index (χ4n) is 1.14. The molecule has 0 bridgehead atoms. The fraction of sp³-hybridized carbons (Fsp3) is 0.273. The van der Waals surface area contributed by atoms with E-state index in [2.05, 4.69) is 4.98 Å². The SMILES string of the molecule is [2H]C([2H])(Cl)C([2H])(O)C([2H])([2H])Sc1nc(-c2ccc(C(N)=O)s2)cs1. The molecule has 2 aromatic rings. The minimum Gasteiger partial charge on any atom is -0.391 e. The lowest BCUT2D eigenvalue weighted by molar-refractivity contribution is 0.100. The van der Waals surface area contributed by atoms with Crippen molar-refractivity contribution < 1.29 is 16.8 Å². The Balaban J connectivity index is 2.23. The third-order valence-corrected chi connectivity index (χ3v) is 4.94. The predicted molar refractivity (Wildman–Crippen MR) is 81.4 cm³/mol. The van der Waals surface area contributed by atoms with Crippen LogP contribution in [-0.2, 0) is 0 Å². The van der Waals surface area contributed by atoms with Crippen LogP contribution in [0.3, 0.4) is 0 Å². The molecule has 102 valence electrons. The van der Waals surface area contributed by atoms with Gasteiger partial charge in [0, 0.05) is 22.4 Å². The maximum absolute atomic E-state index is 11.1. The number of rotatable bonds is 6. The van der Waals surface area contributed by atoms with Gasteiger partial charge < -0.3 is 10.8 Å². The summed E-state index contributed by atoms with van der Waals surface area (Å²) in [5.41, 5.74) is 2.92. The third kappa shape index (κ3) is 3.93. The van der Waals surface area contributed by atoms with Crippen LogP contribution in [0.2, 0.25) is 0 Å². The summed E-state index contributed by atoms with van der Waals surface area (Å²) < 4.78 is 37.7. The molecule has 0 radical (unpaired) electrons. The van der Waals surface area contributed by atoms with E-state index in [1.54, 1.807) is 17.5 Å². The lowest BCUT2D eigenvalue weighted by atomic mass is 10.3. The van der Waals surface area contributed by atoms with Gasteiger partial charge in [-0.15, -0.1) is 34.3 Å². The zero-order chi connectivity index (χ0) is 18.3. The molecular formula is C11H11ClN2O2S3. The first-order chi connectivity index (χ1) is 10.8. The maximum atomic E-state index is 11.1. The van der Waals surface area contributed by atoms with Gasteiger partial charge in [0.25, 0.3) is 5.91 Å². The standard InChI is InChI=1S/C11H11ClN2O2S3/c12-3-6(15)4-17-11-14-7(5-18-11)8-1-2-9(19-8)10(13)16/h1-2,5-6,15H,3-4H2,(H2,13,16)/i3D2,4D2,6D. The first kappa shape index (κ1) is 9.36. The number of amides is 1. The molecule has 0 saturated carbocycles. The van der Waals surface area contributed by atoms with Crippen molar-refractivity contribution in [3.63, 3.8) is 0 Å². The average Bonchev–Trinajstić information content (AvgIpc) is 3.04. The molecule has 0 aliphatic rings. The average molecular weight is 340 g/mol. The normalized spacial score (nSPS) is 19.6. The number of hydrogen-bond donors (Lipinski definition) is 2. The van der Waals surface area contributed by atoms with Crippen molar-refractivity contribution in [2.45, 2.75) is 10.4 Å². The molecule has 0 fully saturated rings. The molecule has 1 amide bonds.